The Morgan fingerprint density at radius 2 is 1.86 bits per heavy atom. The molecule has 0 radical (unpaired) electrons. The molecule has 0 fully saturated rings. The Hall–Kier alpha value is -0.730. The fraction of sp³-hybridized carbons (Fsp3) is 0.909. The van der Waals surface area contributed by atoms with E-state index in [1.807, 2.05) is 0 Å². The summed E-state index contributed by atoms with van der Waals surface area (Å²) in [6, 6.07) is 0. The van der Waals surface area contributed by atoms with Gasteiger partial charge in [0.05, 0.1) is 0 Å². The zero-order chi connectivity index (χ0) is 10.6. The van der Waals surface area contributed by atoms with Crippen LogP contribution in [0.5, 0.6) is 0 Å². The Labute approximate surface area is 86.7 Å². The van der Waals surface area contributed by atoms with Crippen molar-refractivity contribution in [2.75, 3.05) is 0 Å². The zero-order valence-corrected chi connectivity index (χ0v) is 9.70. The molecule has 0 spiro atoms. The highest BCUT2D eigenvalue weighted by Crippen LogP contribution is 2.17. The van der Waals surface area contributed by atoms with Gasteiger partial charge in [0, 0.05) is 6.42 Å². The van der Waals surface area contributed by atoms with E-state index in [9.17, 15) is 0 Å². The lowest BCUT2D eigenvalue weighted by Gasteiger charge is -2.05. The van der Waals surface area contributed by atoms with E-state index in [0.29, 0.717) is 5.92 Å². The first-order valence-corrected chi connectivity index (χ1v) is 5.55. The molecule has 0 bridgehead atoms. The van der Waals surface area contributed by atoms with Gasteiger partial charge < -0.3 is 0 Å². The molecule has 1 heterocycles. The molecule has 0 aliphatic carbocycles. The summed E-state index contributed by atoms with van der Waals surface area (Å²) in [6.45, 7) is 8.81. The average Bonchev–Trinajstić information content (AvgIpc) is 2.47. The first-order valence-electron chi connectivity index (χ1n) is 5.55. The van der Waals surface area contributed by atoms with Crippen LogP contribution < -0.4 is 0 Å². The molecule has 3 nitrogen and oxygen atoms in total. The van der Waals surface area contributed by atoms with E-state index in [1.165, 1.54) is 6.42 Å². The van der Waals surface area contributed by atoms with E-state index < -0.39 is 0 Å². The zero-order valence-electron chi connectivity index (χ0n) is 9.70. The summed E-state index contributed by atoms with van der Waals surface area (Å²) in [4.78, 5) is 4.48. The van der Waals surface area contributed by atoms with Crippen LogP contribution in [0, 0.1) is 11.8 Å². The van der Waals surface area contributed by atoms with Crippen LogP contribution in [0.15, 0.2) is 15.2 Å². The Morgan fingerprint density at radius 3 is 2.43 bits per heavy atom. The van der Waals surface area contributed by atoms with Crippen LogP contribution in [0.4, 0.5) is 0 Å². The molecule has 0 aromatic rings. The second-order valence-corrected chi connectivity index (χ2v) is 4.81. The highest BCUT2D eigenvalue weighted by atomic mass is 15.3. The summed E-state index contributed by atoms with van der Waals surface area (Å²) in [6.07, 6.45) is 3.30. The molecule has 80 valence electrons. The normalized spacial score (nSPS) is 21.0. The minimum Gasteiger partial charge on any atom is -0.240 e. The molecule has 3 heteroatoms. The van der Waals surface area contributed by atoms with Crippen LogP contribution in [0.3, 0.4) is 0 Å². The first-order chi connectivity index (χ1) is 6.58. The molecule has 1 aliphatic rings. The number of amidine groups is 1. The molecule has 1 aliphatic heterocycles. The highest BCUT2D eigenvalue weighted by molar-refractivity contribution is 5.83. The number of hydrogen-bond donors (Lipinski definition) is 0. The van der Waals surface area contributed by atoms with Crippen molar-refractivity contribution in [1.29, 1.82) is 0 Å². The highest BCUT2D eigenvalue weighted by Gasteiger charge is 2.14. The van der Waals surface area contributed by atoms with Gasteiger partial charge in [-0.2, -0.15) is 5.11 Å². The van der Waals surface area contributed by atoms with Crippen molar-refractivity contribution in [2.24, 2.45) is 27.1 Å². The summed E-state index contributed by atoms with van der Waals surface area (Å²) in [5.41, 5.74) is 0. The molecule has 1 unspecified atom stereocenters. The van der Waals surface area contributed by atoms with Crippen molar-refractivity contribution in [3.63, 3.8) is 0 Å². The Morgan fingerprint density at radius 1 is 1.14 bits per heavy atom. The maximum absolute atomic E-state index is 4.48. The maximum atomic E-state index is 4.48. The van der Waals surface area contributed by atoms with Crippen molar-refractivity contribution in [1.82, 2.24) is 0 Å². The van der Waals surface area contributed by atoms with Crippen molar-refractivity contribution >= 4 is 5.84 Å². The van der Waals surface area contributed by atoms with Gasteiger partial charge in [-0.25, -0.2) is 4.99 Å². The maximum Gasteiger partial charge on any atom is 0.162 e. The molecule has 14 heavy (non-hydrogen) atoms. The molecular weight excluding hydrogens is 174 g/mol. The van der Waals surface area contributed by atoms with Crippen LogP contribution in [-0.4, -0.2) is 12.0 Å². The molecule has 0 saturated carbocycles. The van der Waals surface area contributed by atoms with Gasteiger partial charge >= 0.3 is 0 Å². The third kappa shape index (κ3) is 3.99. The lowest BCUT2D eigenvalue weighted by atomic mass is 10.1. The van der Waals surface area contributed by atoms with Gasteiger partial charge in [-0.1, -0.05) is 27.7 Å². The van der Waals surface area contributed by atoms with Gasteiger partial charge in [-0.3, -0.25) is 0 Å². The number of aliphatic imine (C=N–C) groups is 1. The van der Waals surface area contributed by atoms with Crippen LogP contribution in [0.1, 0.15) is 47.0 Å². The summed E-state index contributed by atoms with van der Waals surface area (Å²) in [5, 5.41) is 8.27. The summed E-state index contributed by atoms with van der Waals surface area (Å²) < 4.78 is 0. The van der Waals surface area contributed by atoms with Gasteiger partial charge in [0.25, 0.3) is 0 Å². The largest absolute Gasteiger partial charge is 0.240 e. The van der Waals surface area contributed by atoms with E-state index in [4.69, 9.17) is 0 Å². The predicted molar refractivity (Wildman–Crippen MR) is 59.6 cm³/mol. The second-order valence-electron chi connectivity index (χ2n) is 4.81. The standard InChI is InChI=1S/C11H21N3/c1-8(2)5-6-10-12-11(14-13-10)7-9(3)4/h8-10H,5-7H2,1-4H3. The lowest BCUT2D eigenvalue weighted by molar-refractivity contribution is 0.506. The summed E-state index contributed by atoms with van der Waals surface area (Å²) in [7, 11) is 0. The Kier molecular flexibility index (Phi) is 4.23. The number of hydrogen-bond acceptors (Lipinski definition) is 3. The van der Waals surface area contributed by atoms with E-state index >= 15 is 0 Å². The lowest BCUT2D eigenvalue weighted by Crippen LogP contribution is -2.02. The topological polar surface area (TPSA) is 37.1 Å². The van der Waals surface area contributed by atoms with Crippen LogP contribution in [-0.2, 0) is 0 Å². The third-order valence-electron chi connectivity index (χ3n) is 2.20. The van der Waals surface area contributed by atoms with Gasteiger partial charge in [0.15, 0.2) is 6.17 Å². The Bertz CT molecular complexity index is 229. The molecule has 0 saturated heterocycles. The van der Waals surface area contributed by atoms with Crippen LogP contribution >= 0.6 is 0 Å². The first kappa shape index (κ1) is 11.3. The van der Waals surface area contributed by atoms with Crippen molar-refractivity contribution < 1.29 is 0 Å². The van der Waals surface area contributed by atoms with Gasteiger partial charge in [-0.15, -0.1) is 5.11 Å². The molecule has 0 aromatic carbocycles. The minimum absolute atomic E-state index is 0.117. The smallest absolute Gasteiger partial charge is 0.162 e. The minimum atomic E-state index is 0.117. The third-order valence-corrected chi connectivity index (χ3v) is 2.20. The number of rotatable bonds is 5. The fourth-order valence-electron chi connectivity index (χ4n) is 1.42. The SMILES string of the molecule is CC(C)CCC1N=NC(CC(C)C)=N1. The summed E-state index contributed by atoms with van der Waals surface area (Å²) in [5.74, 6) is 2.29. The second kappa shape index (κ2) is 5.23. The predicted octanol–water partition coefficient (Wildman–Crippen LogP) is 3.66. The van der Waals surface area contributed by atoms with E-state index in [2.05, 4.69) is 42.9 Å². The molecule has 0 aromatic heterocycles. The molecule has 0 amide bonds. The number of azo groups is 1. The molecule has 0 N–H and O–H groups in total. The molecule has 1 atom stereocenters. The van der Waals surface area contributed by atoms with Gasteiger partial charge in [-0.05, 0) is 24.7 Å². The molecular formula is C11H21N3. The van der Waals surface area contributed by atoms with Crippen molar-refractivity contribution in [2.45, 2.75) is 53.1 Å². The van der Waals surface area contributed by atoms with Crippen molar-refractivity contribution in [3.05, 3.63) is 0 Å². The van der Waals surface area contributed by atoms with Gasteiger partial charge in [0.2, 0.25) is 0 Å². The van der Waals surface area contributed by atoms with E-state index in [1.54, 1.807) is 0 Å². The quantitative estimate of drug-likeness (QED) is 0.642. The van der Waals surface area contributed by atoms with Crippen LogP contribution in [0.25, 0.3) is 0 Å². The monoisotopic (exact) mass is 195 g/mol. The van der Waals surface area contributed by atoms with E-state index in [-0.39, 0.29) is 6.17 Å². The summed E-state index contributed by atoms with van der Waals surface area (Å²) >= 11 is 0. The average molecular weight is 195 g/mol. The van der Waals surface area contributed by atoms with E-state index in [0.717, 1.165) is 24.6 Å². The Balaban J connectivity index is 2.32. The van der Waals surface area contributed by atoms with Crippen LogP contribution in [0.2, 0.25) is 0 Å². The fourth-order valence-corrected chi connectivity index (χ4v) is 1.42. The van der Waals surface area contributed by atoms with Crippen molar-refractivity contribution in [3.8, 4) is 0 Å². The van der Waals surface area contributed by atoms with Gasteiger partial charge in [0.1, 0.15) is 5.84 Å². The molecule has 1 rings (SSSR count). The number of nitrogens with zero attached hydrogens (tertiary/aromatic N) is 3.